The van der Waals surface area contributed by atoms with Gasteiger partial charge in [-0.2, -0.15) is 0 Å². The average molecular weight is 408 g/mol. The number of hydrogen-bond acceptors (Lipinski definition) is 8. The normalized spacial score (nSPS) is 60.8. The lowest BCUT2D eigenvalue weighted by atomic mass is 9.34. The first-order chi connectivity index (χ1) is 13.4. The third kappa shape index (κ3) is 1.70. The molecule has 2 heterocycles. The van der Waals surface area contributed by atoms with E-state index in [1.54, 1.807) is 27.7 Å². The monoisotopic (exact) mass is 408 g/mol. The topological polar surface area (TPSA) is 134 Å². The number of allylic oxidation sites excluding steroid dienone is 1. The van der Waals surface area contributed by atoms with E-state index in [-0.39, 0.29) is 12.5 Å². The summed E-state index contributed by atoms with van der Waals surface area (Å²) in [5.74, 6) is -2.39. The Bertz CT molecular complexity index is 854. The fourth-order valence-corrected chi connectivity index (χ4v) is 7.96. The highest BCUT2D eigenvalue weighted by atomic mass is 16.6. The van der Waals surface area contributed by atoms with Crippen molar-refractivity contribution >= 4 is 11.8 Å². The van der Waals surface area contributed by atoms with Gasteiger partial charge in [-0.15, -0.1) is 0 Å². The molecule has 29 heavy (non-hydrogen) atoms. The summed E-state index contributed by atoms with van der Waals surface area (Å²) in [6.45, 7) is 6.90. The highest BCUT2D eigenvalue weighted by Gasteiger charge is 2.86. The first-order valence-corrected chi connectivity index (χ1v) is 10.2. The van der Waals surface area contributed by atoms with Crippen LogP contribution in [0.2, 0.25) is 0 Å². The Morgan fingerprint density at radius 2 is 1.72 bits per heavy atom. The molecule has 0 amide bonds. The zero-order valence-electron chi connectivity index (χ0n) is 17.0. The highest BCUT2D eigenvalue weighted by Crippen LogP contribution is 2.76. The van der Waals surface area contributed by atoms with E-state index >= 15 is 0 Å². The zero-order valence-corrected chi connectivity index (χ0v) is 17.0. The molecule has 8 nitrogen and oxygen atoms in total. The molecule has 4 N–H and O–H groups in total. The highest BCUT2D eigenvalue weighted by molar-refractivity contribution is 5.96. The van der Waals surface area contributed by atoms with Gasteiger partial charge in [0.2, 0.25) is 0 Å². The van der Waals surface area contributed by atoms with Gasteiger partial charge in [-0.25, -0.2) is 4.79 Å². The molecule has 160 valence electrons. The minimum absolute atomic E-state index is 0.0414. The van der Waals surface area contributed by atoms with E-state index in [1.165, 1.54) is 6.08 Å². The molecule has 4 fully saturated rings. The summed E-state index contributed by atoms with van der Waals surface area (Å²) in [7, 11) is 0. The van der Waals surface area contributed by atoms with E-state index in [9.17, 15) is 30.0 Å². The van der Waals surface area contributed by atoms with Crippen molar-refractivity contribution in [3.8, 4) is 0 Å². The van der Waals surface area contributed by atoms with Crippen LogP contribution < -0.4 is 0 Å². The molecule has 2 saturated heterocycles. The molecule has 0 aromatic carbocycles. The van der Waals surface area contributed by atoms with Crippen molar-refractivity contribution in [1.82, 2.24) is 0 Å². The Morgan fingerprint density at radius 1 is 1.07 bits per heavy atom. The summed E-state index contributed by atoms with van der Waals surface area (Å²) in [6, 6.07) is 0. The van der Waals surface area contributed by atoms with Crippen molar-refractivity contribution in [2.45, 2.75) is 70.2 Å². The van der Waals surface area contributed by atoms with Crippen molar-refractivity contribution in [3.05, 3.63) is 11.6 Å². The second kappa shape index (κ2) is 5.29. The first kappa shape index (κ1) is 19.6. The fourth-order valence-electron chi connectivity index (χ4n) is 7.96. The summed E-state index contributed by atoms with van der Waals surface area (Å²) in [5, 5.41) is 44.5. The van der Waals surface area contributed by atoms with Crippen molar-refractivity contribution in [2.24, 2.45) is 28.1 Å². The molecule has 1 spiro atoms. The maximum absolute atomic E-state index is 12.6. The fraction of sp³-hybridized carbons (Fsp3) is 0.810. The van der Waals surface area contributed by atoms with Gasteiger partial charge >= 0.3 is 5.97 Å². The molecule has 0 radical (unpaired) electrons. The SMILES string of the molecule is CC1=CC(=O)[C@H](O)[C@]2(C)[C@H]1C[C@H]1OC(=O)[C@H](O)[C@]3(C)[C@@]14CO[C@@]3(C)[C@@H](O)[C@@H](O)[C@@H]24. The Morgan fingerprint density at radius 3 is 2.38 bits per heavy atom. The van der Waals surface area contributed by atoms with Crippen LogP contribution in [-0.2, 0) is 19.1 Å². The largest absolute Gasteiger partial charge is 0.460 e. The van der Waals surface area contributed by atoms with Crippen molar-refractivity contribution < 1.29 is 39.5 Å². The van der Waals surface area contributed by atoms with E-state index in [4.69, 9.17) is 9.47 Å². The van der Waals surface area contributed by atoms with Gasteiger partial charge in [-0.05, 0) is 32.3 Å². The van der Waals surface area contributed by atoms with Gasteiger partial charge in [0.25, 0.3) is 0 Å². The Balaban J connectivity index is 1.83. The third-order valence-electron chi connectivity index (χ3n) is 9.65. The van der Waals surface area contributed by atoms with Gasteiger partial charge in [0.15, 0.2) is 11.9 Å². The van der Waals surface area contributed by atoms with E-state index in [0.29, 0.717) is 6.42 Å². The molecule has 0 unspecified atom stereocenters. The molecule has 2 saturated carbocycles. The maximum Gasteiger partial charge on any atom is 0.335 e. The lowest BCUT2D eigenvalue weighted by Gasteiger charge is -2.71. The minimum atomic E-state index is -1.57. The smallest absolute Gasteiger partial charge is 0.335 e. The third-order valence-corrected chi connectivity index (χ3v) is 9.65. The number of carbonyl (C=O) groups excluding carboxylic acids is 2. The first-order valence-electron chi connectivity index (χ1n) is 10.2. The molecular weight excluding hydrogens is 380 g/mol. The summed E-state index contributed by atoms with van der Waals surface area (Å²) in [5.41, 5.74) is -4.09. The predicted octanol–water partition coefficient (Wildman–Crippen LogP) is -0.678. The number of aliphatic hydroxyl groups is 4. The summed E-state index contributed by atoms with van der Waals surface area (Å²) in [6.07, 6.45) is -4.63. The predicted molar refractivity (Wildman–Crippen MR) is 97.3 cm³/mol. The lowest BCUT2D eigenvalue weighted by molar-refractivity contribution is -0.327. The van der Waals surface area contributed by atoms with Gasteiger partial charge in [-0.3, -0.25) is 4.79 Å². The molecule has 2 aliphatic heterocycles. The molecule has 8 heteroatoms. The van der Waals surface area contributed by atoms with Crippen LogP contribution in [0.5, 0.6) is 0 Å². The number of carbonyl (C=O) groups is 2. The Hall–Kier alpha value is -1.32. The van der Waals surface area contributed by atoms with Crippen LogP contribution in [0.25, 0.3) is 0 Å². The summed E-state index contributed by atoms with van der Waals surface area (Å²) in [4.78, 5) is 25.2. The van der Waals surface area contributed by atoms with Gasteiger partial charge in [0.05, 0.1) is 12.7 Å². The van der Waals surface area contributed by atoms with Crippen molar-refractivity contribution in [3.63, 3.8) is 0 Å². The summed E-state index contributed by atoms with van der Waals surface area (Å²) >= 11 is 0. The Labute approximate surface area is 168 Å². The van der Waals surface area contributed by atoms with Crippen LogP contribution in [0.15, 0.2) is 11.6 Å². The molecular formula is C21H28O8. The van der Waals surface area contributed by atoms with E-state index < -0.39 is 70.0 Å². The molecule has 5 rings (SSSR count). The van der Waals surface area contributed by atoms with E-state index in [1.807, 2.05) is 0 Å². The molecule has 0 aromatic heterocycles. The quantitative estimate of drug-likeness (QED) is 0.388. The number of fused-ring (bicyclic) bond motifs is 2. The van der Waals surface area contributed by atoms with Crippen LogP contribution in [0.4, 0.5) is 0 Å². The van der Waals surface area contributed by atoms with Gasteiger partial charge in [0, 0.05) is 22.2 Å². The van der Waals surface area contributed by atoms with E-state index in [2.05, 4.69) is 0 Å². The number of esters is 1. The molecule has 0 aromatic rings. The number of aliphatic hydroxyl groups excluding tert-OH is 4. The van der Waals surface area contributed by atoms with Crippen LogP contribution >= 0.6 is 0 Å². The maximum atomic E-state index is 12.6. The second-order valence-corrected chi connectivity index (χ2v) is 10.2. The molecule has 5 aliphatic rings. The van der Waals surface area contributed by atoms with Gasteiger partial charge in [-0.1, -0.05) is 19.4 Å². The standard InChI is InChI=1S/C21H28O8/c1-8-5-10(22)14(24)18(2)9(8)6-11-21-7-28-20(4,15(25)12(23)13(18)21)19(21,3)16(26)17(27)29-11/h5,9,11-16,23-26H,6-7H2,1-4H3/t9-,11+,12-,13-,14-,15-,16-,18+,19-,20-,21-/m0/s1. The van der Waals surface area contributed by atoms with Crippen LogP contribution in [-0.4, -0.2) is 74.9 Å². The summed E-state index contributed by atoms with van der Waals surface area (Å²) < 4.78 is 11.8. The number of hydrogen-bond donors (Lipinski definition) is 4. The molecule has 2 bridgehead atoms. The second-order valence-electron chi connectivity index (χ2n) is 10.2. The zero-order chi connectivity index (χ0) is 21.3. The van der Waals surface area contributed by atoms with Crippen LogP contribution in [0, 0.1) is 28.1 Å². The number of ether oxygens (including phenoxy) is 2. The minimum Gasteiger partial charge on any atom is -0.460 e. The van der Waals surface area contributed by atoms with E-state index in [0.717, 1.165) is 5.57 Å². The number of ketones is 1. The van der Waals surface area contributed by atoms with Gasteiger partial charge < -0.3 is 29.9 Å². The van der Waals surface area contributed by atoms with Gasteiger partial charge in [0.1, 0.15) is 23.9 Å². The van der Waals surface area contributed by atoms with Crippen LogP contribution in [0.3, 0.4) is 0 Å². The molecule has 11 atom stereocenters. The molecule has 3 aliphatic carbocycles. The lowest BCUT2D eigenvalue weighted by Crippen LogP contribution is -2.82. The van der Waals surface area contributed by atoms with Crippen molar-refractivity contribution in [2.75, 3.05) is 6.61 Å². The van der Waals surface area contributed by atoms with Crippen LogP contribution in [0.1, 0.15) is 34.1 Å². The average Bonchev–Trinajstić information content (AvgIpc) is 2.85. The number of rotatable bonds is 0. The Kier molecular flexibility index (Phi) is 3.58. The van der Waals surface area contributed by atoms with Crippen molar-refractivity contribution in [1.29, 1.82) is 0 Å².